The summed E-state index contributed by atoms with van der Waals surface area (Å²) >= 11 is 0. The highest BCUT2D eigenvalue weighted by Gasteiger charge is 2.22. The van der Waals surface area contributed by atoms with E-state index in [1.807, 2.05) is 20.8 Å². The van der Waals surface area contributed by atoms with Crippen LogP contribution in [0.4, 0.5) is 0 Å². The monoisotopic (exact) mass is 565 g/mol. The summed E-state index contributed by atoms with van der Waals surface area (Å²) in [6, 6.07) is 0. The van der Waals surface area contributed by atoms with Crippen molar-refractivity contribution in [2.45, 2.75) is 227 Å². The van der Waals surface area contributed by atoms with Gasteiger partial charge in [0.15, 0.2) is 0 Å². The van der Waals surface area contributed by atoms with E-state index in [2.05, 4.69) is 6.92 Å². The molecular weight excluding hydrogens is 488 g/mol. The first-order chi connectivity index (χ1) is 19.5. The van der Waals surface area contributed by atoms with E-state index in [9.17, 15) is 4.79 Å². The lowest BCUT2D eigenvalue weighted by Gasteiger charge is -2.16. The predicted molar refractivity (Wildman–Crippen MR) is 179 cm³/mol. The van der Waals surface area contributed by atoms with E-state index in [0.717, 1.165) is 6.42 Å². The second-order valence-corrected chi connectivity index (χ2v) is 14.0. The molecule has 0 aliphatic carbocycles. The SMILES string of the molecule is CCCCCCCCCCCCCCCCCCCCCCCCCCCCCCCCCOC(=O)C(C)(C)C. The average molecular weight is 565 g/mol. The van der Waals surface area contributed by atoms with Crippen LogP contribution in [0.5, 0.6) is 0 Å². The van der Waals surface area contributed by atoms with Crippen molar-refractivity contribution in [3.05, 3.63) is 0 Å². The molecule has 0 amide bonds. The summed E-state index contributed by atoms with van der Waals surface area (Å²) in [4.78, 5) is 11.7. The largest absolute Gasteiger partial charge is 0.465 e. The van der Waals surface area contributed by atoms with Gasteiger partial charge in [0.05, 0.1) is 12.0 Å². The predicted octanol–water partition coefficient (Wildman–Crippen LogP) is 13.7. The van der Waals surface area contributed by atoms with Crippen LogP contribution in [0.3, 0.4) is 0 Å². The molecule has 0 aliphatic heterocycles. The van der Waals surface area contributed by atoms with Crippen LogP contribution in [0.1, 0.15) is 227 Å². The Hall–Kier alpha value is -0.530. The molecule has 0 saturated heterocycles. The van der Waals surface area contributed by atoms with Crippen molar-refractivity contribution < 1.29 is 9.53 Å². The first kappa shape index (κ1) is 39.5. The fraction of sp³-hybridized carbons (Fsp3) is 0.974. The van der Waals surface area contributed by atoms with Crippen LogP contribution in [0, 0.1) is 5.41 Å². The average Bonchev–Trinajstić information content (AvgIpc) is 2.93. The van der Waals surface area contributed by atoms with Crippen molar-refractivity contribution in [2.75, 3.05) is 6.61 Å². The van der Waals surface area contributed by atoms with Crippen molar-refractivity contribution >= 4 is 5.97 Å². The molecule has 0 spiro atoms. The van der Waals surface area contributed by atoms with Crippen molar-refractivity contribution in [3.8, 4) is 0 Å². The zero-order valence-corrected chi connectivity index (χ0v) is 28.4. The van der Waals surface area contributed by atoms with Gasteiger partial charge in [-0.25, -0.2) is 0 Å². The lowest BCUT2D eigenvalue weighted by molar-refractivity contribution is -0.153. The Labute approximate surface area is 254 Å². The Kier molecular flexibility index (Phi) is 31.0. The van der Waals surface area contributed by atoms with E-state index in [1.54, 1.807) is 0 Å². The molecule has 240 valence electrons. The molecule has 0 rings (SSSR count). The van der Waals surface area contributed by atoms with Gasteiger partial charge in [0, 0.05) is 0 Å². The molecule has 2 heteroatoms. The van der Waals surface area contributed by atoms with E-state index in [-0.39, 0.29) is 11.4 Å². The zero-order valence-electron chi connectivity index (χ0n) is 28.4. The van der Waals surface area contributed by atoms with Gasteiger partial charge in [-0.15, -0.1) is 0 Å². The van der Waals surface area contributed by atoms with Gasteiger partial charge in [0.1, 0.15) is 0 Å². The van der Waals surface area contributed by atoms with Crippen LogP contribution in [-0.2, 0) is 9.53 Å². The number of hydrogen-bond donors (Lipinski definition) is 0. The standard InChI is InChI=1S/C38H76O2/c1-5-6-7-8-9-10-11-12-13-14-15-16-17-18-19-20-21-22-23-24-25-26-27-28-29-30-31-32-33-34-35-36-40-37(39)38(2,3)4/h5-36H2,1-4H3. The van der Waals surface area contributed by atoms with Crippen LogP contribution < -0.4 is 0 Å². The highest BCUT2D eigenvalue weighted by molar-refractivity contribution is 5.75. The van der Waals surface area contributed by atoms with Crippen molar-refractivity contribution in [3.63, 3.8) is 0 Å². The third kappa shape index (κ3) is 32.0. The lowest BCUT2D eigenvalue weighted by atomic mass is 9.97. The maximum atomic E-state index is 11.7. The van der Waals surface area contributed by atoms with E-state index in [1.165, 1.54) is 193 Å². The van der Waals surface area contributed by atoms with Crippen molar-refractivity contribution in [1.29, 1.82) is 0 Å². The van der Waals surface area contributed by atoms with Gasteiger partial charge < -0.3 is 4.74 Å². The summed E-state index contributed by atoms with van der Waals surface area (Å²) in [6.45, 7) is 8.64. The number of unbranched alkanes of at least 4 members (excludes halogenated alkanes) is 30. The number of hydrogen-bond acceptors (Lipinski definition) is 2. The molecule has 0 aromatic rings. The van der Waals surface area contributed by atoms with Gasteiger partial charge in [-0.1, -0.05) is 200 Å². The third-order valence-corrected chi connectivity index (χ3v) is 8.59. The fourth-order valence-electron chi connectivity index (χ4n) is 5.68. The van der Waals surface area contributed by atoms with E-state index in [0.29, 0.717) is 6.61 Å². The minimum Gasteiger partial charge on any atom is -0.465 e. The third-order valence-electron chi connectivity index (χ3n) is 8.59. The highest BCUT2D eigenvalue weighted by atomic mass is 16.5. The quantitative estimate of drug-likeness (QED) is 0.0600. The molecule has 0 saturated carbocycles. The number of ether oxygens (including phenoxy) is 1. The molecule has 0 N–H and O–H groups in total. The molecule has 0 unspecified atom stereocenters. The Morgan fingerprint density at radius 2 is 0.575 bits per heavy atom. The summed E-state index contributed by atoms with van der Waals surface area (Å²) in [7, 11) is 0. The summed E-state index contributed by atoms with van der Waals surface area (Å²) in [5.74, 6) is -0.0712. The Morgan fingerprint density at radius 3 is 0.775 bits per heavy atom. The first-order valence-electron chi connectivity index (χ1n) is 18.7. The molecule has 40 heavy (non-hydrogen) atoms. The van der Waals surface area contributed by atoms with Gasteiger partial charge >= 0.3 is 5.97 Å². The second kappa shape index (κ2) is 31.4. The molecule has 0 aromatic heterocycles. The minimum absolute atomic E-state index is 0.0712. The smallest absolute Gasteiger partial charge is 0.311 e. The van der Waals surface area contributed by atoms with Gasteiger partial charge in [-0.05, 0) is 27.2 Å². The van der Waals surface area contributed by atoms with Crippen LogP contribution in [-0.4, -0.2) is 12.6 Å². The van der Waals surface area contributed by atoms with Crippen molar-refractivity contribution in [1.82, 2.24) is 0 Å². The Bertz CT molecular complexity index is 492. The second-order valence-electron chi connectivity index (χ2n) is 14.0. The Balaban J connectivity index is 3.08. The number of esters is 1. The van der Waals surface area contributed by atoms with Crippen LogP contribution in [0.15, 0.2) is 0 Å². The summed E-state index contributed by atoms with van der Waals surface area (Å²) < 4.78 is 5.33. The number of carbonyl (C=O) groups excluding carboxylic acids is 1. The molecule has 0 radical (unpaired) electrons. The molecular formula is C38H76O2. The molecule has 0 heterocycles. The summed E-state index contributed by atoms with van der Waals surface area (Å²) in [6.07, 6.45) is 44.2. The highest BCUT2D eigenvalue weighted by Crippen LogP contribution is 2.18. The van der Waals surface area contributed by atoms with Gasteiger partial charge in [0.2, 0.25) is 0 Å². The first-order valence-corrected chi connectivity index (χ1v) is 18.7. The molecule has 0 fully saturated rings. The maximum absolute atomic E-state index is 11.7. The van der Waals surface area contributed by atoms with Crippen LogP contribution in [0.2, 0.25) is 0 Å². The molecule has 0 aromatic carbocycles. The van der Waals surface area contributed by atoms with Gasteiger partial charge in [-0.3, -0.25) is 4.79 Å². The molecule has 0 aliphatic rings. The van der Waals surface area contributed by atoms with E-state index in [4.69, 9.17) is 4.74 Å². The van der Waals surface area contributed by atoms with E-state index < -0.39 is 0 Å². The molecule has 2 nitrogen and oxygen atoms in total. The number of carbonyl (C=O) groups is 1. The van der Waals surface area contributed by atoms with E-state index >= 15 is 0 Å². The van der Waals surface area contributed by atoms with Crippen LogP contribution in [0.25, 0.3) is 0 Å². The van der Waals surface area contributed by atoms with Crippen molar-refractivity contribution in [2.24, 2.45) is 5.41 Å². The number of rotatable bonds is 32. The van der Waals surface area contributed by atoms with Gasteiger partial charge in [-0.2, -0.15) is 0 Å². The summed E-state index contributed by atoms with van der Waals surface area (Å²) in [5.41, 5.74) is -0.370. The zero-order chi connectivity index (χ0) is 29.4. The lowest BCUT2D eigenvalue weighted by Crippen LogP contribution is -2.23. The molecule has 0 bridgehead atoms. The fourth-order valence-corrected chi connectivity index (χ4v) is 5.68. The van der Waals surface area contributed by atoms with Gasteiger partial charge in [0.25, 0.3) is 0 Å². The van der Waals surface area contributed by atoms with Crippen LogP contribution >= 0.6 is 0 Å². The normalized spacial score (nSPS) is 11.8. The topological polar surface area (TPSA) is 26.3 Å². The minimum atomic E-state index is -0.370. The molecule has 0 atom stereocenters. The summed E-state index contributed by atoms with van der Waals surface area (Å²) in [5, 5.41) is 0. The Morgan fingerprint density at radius 1 is 0.375 bits per heavy atom. The maximum Gasteiger partial charge on any atom is 0.311 e.